The minimum atomic E-state index is -3.29. The monoisotopic (exact) mass is 542 g/mol. The van der Waals surface area contributed by atoms with Crippen LogP contribution in [-0.4, -0.2) is 27.3 Å². The van der Waals surface area contributed by atoms with Gasteiger partial charge in [-0.2, -0.15) is 0 Å². The van der Waals surface area contributed by atoms with Crippen LogP contribution in [0, 0.1) is 13.8 Å². The van der Waals surface area contributed by atoms with Gasteiger partial charge in [-0.1, -0.05) is 24.3 Å². The van der Waals surface area contributed by atoms with Crippen molar-refractivity contribution in [3.63, 3.8) is 0 Å². The Morgan fingerprint density at radius 1 is 0.897 bits per heavy atom. The minimum absolute atomic E-state index is 0.198. The van der Waals surface area contributed by atoms with Gasteiger partial charge < -0.3 is 20.1 Å². The molecular weight excluding hydrogens is 512 g/mol. The first-order valence-electron chi connectivity index (χ1n) is 12.6. The molecule has 5 rings (SSSR count). The van der Waals surface area contributed by atoms with Crippen LogP contribution in [0.2, 0.25) is 0 Å². The maximum absolute atomic E-state index is 12.6. The second kappa shape index (κ2) is 10.8. The van der Waals surface area contributed by atoms with Gasteiger partial charge in [0, 0.05) is 30.1 Å². The highest BCUT2D eigenvalue weighted by Crippen LogP contribution is 2.32. The second-order valence-corrected chi connectivity index (χ2v) is 11.7. The molecule has 1 aliphatic heterocycles. The van der Waals surface area contributed by atoms with E-state index >= 15 is 0 Å². The summed E-state index contributed by atoms with van der Waals surface area (Å²) in [4.78, 5) is 12.8. The summed E-state index contributed by atoms with van der Waals surface area (Å²) >= 11 is 0. The summed E-state index contributed by atoms with van der Waals surface area (Å²) in [6, 6.07) is 23.8. The van der Waals surface area contributed by atoms with Gasteiger partial charge in [0.25, 0.3) is 0 Å². The Balaban J connectivity index is 1.26. The summed E-state index contributed by atoms with van der Waals surface area (Å²) in [5.41, 5.74) is 7.66. The van der Waals surface area contributed by atoms with Gasteiger partial charge in [-0.05, 0) is 95.8 Å². The van der Waals surface area contributed by atoms with Crippen LogP contribution in [0.15, 0.2) is 83.8 Å². The molecule has 2 N–H and O–H groups in total. The maximum Gasteiger partial charge on any atom is 0.323 e. The van der Waals surface area contributed by atoms with Gasteiger partial charge in [0.2, 0.25) is 0 Å². The standard InChI is InChI=1S/C31H30N2O5S/c1-20-15-26(33-31(34)32-25-8-11-28(12-9-25)39(3,35)36)16-21(2)30(20)24-6-4-5-22(17-24)19-38-27-10-7-23-13-14-37-29(23)18-27/h4-12,15-18H,13-14,19H2,1-3H3,(H2,32,33,34). The third kappa shape index (κ3) is 6.23. The number of hydrogen-bond donors (Lipinski definition) is 2. The van der Waals surface area contributed by atoms with Crippen molar-refractivity contribution in [2.24, 2.45) is 0 Å². The fraction of sp³-hybridized carbons (Fsp3) is 0.194. The molecule has 4 aromatic rings. The highest BCUT2D eigenvalue weighted by atomic mass is 32.2. The van der Waals surface area contributed by atoms with E-state index in [1.54, 1.807) is 12.1 Å². The number of anilines is 2. The lowest BCUT2D eigenvalue weighted by Gasteiger charge is -2.15. The zero-order valence-corrected chi connectivity index (χ0v) is 22.9. The van der Waals surface area contributed by atoms with Crippen molar-refractivity contribution in [1.82, 2.24) is 0 Å². The number of nitrogens with one attached hydrogen (secondary N) is 2. The summed E-state index contributed by atoms with van der Waals surface area (Å²) < 4.78 is 35.0. The largest absolute Gasteiger partial charge is 0.493 e. The van der Waals surface area contributed by atoms with Gasteiger partial charge in [0.05, 0.1) is 11.5 Å². The van der Waals surface area contributed by atoms with Crippen molar-refractivity contribution in [3.05, 3.63) is 101 Å². The second-order valence-electron chi connectivity index (χ2n) is 9.72. The Bertz CT molecular complexity index is 1620. The summed E-state index contributed by atoms with van der Waals surface area (Å²) in [5.74, 6) is 1.69. The third-order valence-corrected chi connectivity index (χ3v) is 7.75. The SMILES string of the molecule is Cc1cc(NC(=O)Nc2ccc(S(C)(=O)=O)cc2)cc(C)c1-c1cccc(COc2ccc3c(c2)OCC3)c1. The molecule has 0 unspecified atom stereocenters. The number of carbonyl (C=O) groups is 1. The van der Waals surface area contributed by atoms with Gasteiger partial charge in [0.1, 0.15) is 18.1 Å². The molecule has 1 heterocycles. The molecule has 4 aromatic carbocycles. The van der Waals surface area contributed by atoms with Gasteiger partial charge in [0.15, 0.2) is 9.84 Å². The van der Waals surface area contributed by atoms with Crippen LogP contribution in [0.3, 0.4) is 0 Å². The maximum atomic E-state index is 12.6. The summed E-state index contributed by atoms with van der Waals surface area (Å²) in [6.07, 6.45) is 2.09. The van der Waals surface area contributed by atoms with Crippen LogP contribution < -0.4 is 20.1 Å². The van der Waals surface area contributed by atoms with E-state index in [-0.39, 0.29) is 4.90 Å². The number of aryl methyl sites for hydroxylation is 2. The van der Waals surface area contributed by atoms with E-state index in [2.05, 4.69) is 28.8 Å². The molecule has 0 bridgehead atoms. The first-order valence-corrected chi connectivity index (χ1v) is 14.5. The number of fused-ring (bicyclic) bond motifs is 1. The van der Waals surface area contributed by atoms with Crippen molar-refractivity contribution in [2.45, 2.75) is 31.8 Å². The predicted octanol–water partition coefficient (Wildman–Crippen LogP) is 6.53. The molecule has 0 radical (unpaired) electrons. The highest BCUT2D eigenvalue weighted by molar-refractivity contribution is 7.90. The topological polar surface area (TPSA) is 93.7 Å². The number of sulfone groups is 1. The number of rotatable bonds is 7. The van der Waals surface area contributed by atoms with Gasteiger partial charge in [-0.25, -0.2) is 13.2 Å². The molecule has 0 atom stereocenters. The first kappa shape index (κ1) is 26.3. The Hall–Kier alpha value is -4.30. The van der Waals surface area contributed by atoms with Crippen molar-refractivity contribution in [2.75, 3.05) is 23.5 Å². The third-order valence-electron chi connectivity index (χ3n) is 6.62. The van der Waals surface area contributed by atoms with Crippen molar-refractivity contribution in [3.8, 4) is 22.6 Å². The minimum Gasteiger partial charge on any atom is -0.493 e. The molecule has 0 saturated carbocycles. The fourth-order valence-electron chi connectivity index (χ4n) is 4.79. The number of ether oxygens (including phenoxy) is 2. The van der Waals surface area contributed by atoms with E-state index in [1.807, 2.05) is 50.2 Å². The van der Waals surface area contributed by atoms with Crippen LogP contribution >= 0.6 is 0 Å². The van der Waals surface area contributed by atoms with Gasteiger partial charge in [-0.3, -0.25) is 0 Å². The normalized spacial score (nSPS) is 12.4. The number of benzene rings is 4. The smallest absolute Gasteiger partial charge is 0.323 e. The molecule has 200 valence electrons. The number of carbonyl (C=O) groups excluding carboxylic acids is 1. The van der Waals surface area contributed by atoms with Crippen LogP contribution in [0.4, 0.5) is 16.2 Å². The quantitative estimate of drug-likeness (QED) is 0.277. The fourth-order valence-corrected chi connectivity index (χ4v) is 5.42. The van der Waals surface area contributed by atoms with E-state index in [9.17, 15) is 13.2 Å². The van der Waals surface area contributed by atoms with Crippen molar-refractivity contribution < 1.29 is 22.7 Å². The van der Waals surface area contributed by atoms with Crippen molar-refractivity contribution in [1.29, 1.82) is 0 Å². The zero-order valence-electron chi connectivity index (χ0n) is 22.1. The van der Waals surface area contributed by atoms with Crippen molar-refractivity contribution >= 4 is 27.2 Å². The van der Waals surface area contributed by atoms with Crippen LogP contribution in [0.5, 0.6) is 11.5 Å². The molecule has 0 spiro atoms. The van der Waals surface area contributed by atoms with E-state index in [1.165, 1.54) is 17.7 Å². The molecule has 0 fully saturated rings. The van der Waals surface area contributed by atoms with Gasteiger partial charge in [-0.15, -0.1) is 0 Å². The lowest BCUT2D eigenvalue weighted by Crippen LogP contribution is -2.19. The molecule has 1 aliphatic rings. The number of amides is 2. The molecule has 0 aromatic heterocycles. The number of hydrogen-bond acceptors (Lipinski definition) is 5. The zero-order chi connectivity index (χ0) is 27.6. The average Bonchev–Trinajstić information content (AvgIpc) is 3.35. The molecule has 0 aliphatic carbocycles. The van der Waals surface area contributed by atoms with E-state index in [0.717, 1.165) is 58.6 Å². The summed E-state index contributed by atoms with van der Waals surface area (Å²) in [7, 11) is -3.29. The summed E-state index contributed by atoms with van der Waals surface area (Å²) in [5, 5.41) is 5.60. The molecule has 39 heavy (non-hydrogen) atoms. The average molecular weight is 543 g/mol. The Morgan fingerprint density at radius 3 is 2.33 bits per heavy atom. The molecule has 0 saturated heterocycles. The van der Waals surface area contributed by atoms with Crippen LogP contribution in [0.25, 0.3) is 11.1 Å². The van der Waals surface area contributed by atoms with Gasteiger partial charge >= 0.3 is 6.03 Å². The number of urea groups is 1. The molecule has 2 amide bonds. The first-order chi connectivity index (χ1) is 18.7. The van der Waals surface area contributed by atoms with E-state index in [0.29, 0.717) is 18.0 Å². The van der Waals surface area contributed by atoms with E-state index < -0.39 is 15.9 Å². The molecule has 7 nitrogen and oxygen atoms in total. The molecule has 8 heteroatoms. The Kier molecular flexibility index (Phi) is 7.30. The lowest BCUT2D eigenvalue weighted by molar-refractivity contribution is 0.262. The summed E-state index contributed by atoms with van der Waals surface area (Å²) in [6.45, 7) is 5.20. The predicted molar refractivity (Wildman–Crippen MR) is 154 cm³/mol. The Labute approximate surface area is 228 Å². The van der Waals surface area contributed by atoms with Crippen LogP contribution in [0.1, 0.15) is 22.3 Å². The van der Waals surface area contributed by atoms with E-state index in [4.69, 9.17) is 9.47 Å². The lowest BCUT2D eigenvalue weighted by atomic mass is 9.94. The highest BCUT2D eigenvalue weighted by Gasteiger charge is 2.14. The van der Waals surface area contributed by atoms with Crippen LogP contribution in [-0.2, 0) is 22.9 Å². The molecular formula is C31H30N2O5S. The Morgan fingerprint density at radius 2 is 1.62 bits per heavy atom.